The Kier molecular flexibility index (Phi) is 7.07. The van der Waals surface area contributed by atoms with E-state index in [-0.39, 0.29) is 12.0 Å². The van der Waals surface area contributed by atoms with Crippen molar-refractivity contribution in [2.75, 3.05) is 51.4 Å². The van der Waals surface area contributed by atoms with Crippen molar-refractivity contribution in [2.45, 2.75) is 57.2 Å². The van der Waals surface area contributed by atoms with Gasteiger partial charge in [-0.15, -0.1) is 0 Å². The van der Waals surface area contributed by atoms with Crippen LogP contribution in [0.2, 0.25) is 0 Å². The van der Waals surface area contributed by atoms with Crippen molar-refractivity contribution in [1.29, 1.82) is 0 Å². The van der Waals surface area contributed by atoms with E-state index >= 15 is 0 Å². The van der Waals surface area contributed by atoms with Crippen LogP contribution in [0.1, 0.15) is 48.0 Å². The molecule has 1 saturated carbocycles. The number of carbonyl (C=O) groups is 1. The lowest BCUT2D eigenvalue weighted by Crippen LogP contribution is -2.48. The van der Waals surface area contributed by atoms with Gasteiger partial charge in [0.1, 0.15) is 11.9 Å². The maximum absolute atomic E-state index is 12.7. The Hall–Kier alpha value is -3.21. The molecule has 1 amide bonds. The molecule has 10 heteroatoms. The maximum atomic E-state index is 12.7. The zero-order valence-electron chi connectivity index (χ0n) is 23.1. The predicted molar refractivity (Wildman–Crippen MR) is 151 cm³/mol. The van der Waals surface area contributed by atoms with Gasteiger partial charge in [0, 0.05) is 56.1 Å². The standard InChI is InChI=1S/C30H38N6O4/c1-19-12-21(2-5-25(19)30(37)33-22-3-4-22)26-15-32-36-27(31-14-20-7-10-38-11-8-20)13-28(34-29(26)36)40-24-6-9-35(16-24)23-17-39-18-23/h2,5,12-13,15,20,22-24,31H,3-4,6-11,14,16-18H2,1H3,(H,33,37). The molecule has 3 aromatic rings. The van der Waals surface area contributed by atoms with Gasteiger partial charge in [-0.25, -0.2) is 0 Å². The lowest BCUT2D eigenvalue weighted by atomic mass is 10.0. The molecule has 3 saturated heterocycles. The van der Waals surface area contributed by atoms with E-state index in [1.807, 2.05) is 35.8 Å². The molecule has 40 heavy (non-hydrogen) atoms. The summed E-state index contributed by atoms with van der Waals surface area (Å²) < 4.78 is 19.3. The van der Waals surface area contributed by atoms with Gasteiger partial charge in [0.2, 0.25) is 5.88 Å². The minimum Gasteiger partial charge on any atom is -0.473 e. The average molecular weight is 547 g/mol. The number of hydrogen-bond acceptors (Lipinski definition) is 8. The molecule has 1 unspecified atom stereocenters. The predicted octanol–water partition coefficient (Wildman–Crippen LogP) is 3.29. The Labute approximate surface area is 234 Å². The van der Waals surface area contributed by atoms with E-state index in [1.165, 1.54) is 0 Å². The highest BCUT2D eigenvalue weighted by atomic mass is 16.5. The molecule has 212 valence electrons. The maximum Gasteiger partial charge on any atom is 0.251 e. The molecule has 0 bridgehead atoms. The van der Waals surface area contributed by atoms with Gasteiger partial charge in [-0.2, -0.15) is 14.6 Å². The van der Waals surface area contributed by atoms with Gasteiger partial charge >= 0.3 is 0 Å². The van der Waals surface area contributed by atoms with E-state index < -0.39 is 0 Å². The molecule has 1 aliphatic carbocycles. The average Bonchev–Trinajstić information content (AvgIpc) is 3.46. The van der Waals surface area contributed by atoms with Gasteiger partial charge in [-0.3, -0.25) is 9.69 Å². The van der Waals surface area contributed by atoms with E-state index in [0.29, 0.717) is 29.4 Å². The van der Waals surface area contributed by atoms with Crippen molar-refractivity contribution in [3.8, 4) is 17.0 Å². The summed E-state index contributed by atoms with van der Waals surface area (Å²) >= 11 is 0. The van der Waals surface area contributed by atoms with E-state index in [1.54, 1.807) is 0 Å². The second-order valence-corrected chi connectivity index (χ2v) is 11.7. The zero-order valence-corrected chi connectivity index (χ0v) is 23.1. The second-order valence-electron chi connectivity index (χ2n) is 11.7. The third-order valence-electron chi connectivity index (χ3n) is 8.66. The Morgan fingerprint density at radius 1 is 1.10 bits per heavy atom. The van der Waals surface area contributed by atoms with Crippen LogP contribution in [0.5, 0.6) is 5.88 Å². The van der Waals surface area contributed by atoms with Crippen molar-refractivity contribution >= 4 is 17.4 Å². The molecule has 5 heterocycles. The summed E-state index contributed by atoms with van der Waals surface area (Å²) in [5, 5.41) is 11.5. The fourth-order valence-electron chi connectivity index (χ4n) is 5.89. The first kappa shape index (κ1) is 25.7. The molecule has 4 fully saturated rings. The number of benzene rings is 1. The van der Waals surface area contributed by atoms with Gasteiger partial charge < -0.3 is 24.8 Å². The van der Waals surface area contributed by atoms with Crippen LogP contribution in [0.15, 0.2) is 30.5 Å². The van der Waals surface area contributed by atoms with Crippen molar-refractivity contribution in [3.63, 3.8) is 0 Å². The van der Waals surface area contributed by atoms with Crippen LogP contribution < -0.4 is 15.4 Å². The van der Waals surface area contributed by atoms with Crippen molar-refractivity contribution in [2.24, 2.45) is 5.92 Å². The largest absolute Gasteiger partial charge is 0.473 e. The fraction of sp³-hybridized carbons (Fsp3) is 0.567. The van der Waals surface area contributed by atoms with E-state index in [2.05, 4.69) is 21.6 Å². The van der Waals surface area contributed by atoms with E-state index in [9.17, 15) is 4.79 Å². The molecule has 7 rings (SSSR count). The Balaban J connectivity index is 1.17. The number of rotatable bonds is 9. The summed E-state index contributed by atoms with van der Waals surface area (Å²) in [7, 11) is 0. The number of amides is 1. The first-order chi connectivity index (χ1) is 19.6. The first-order valence-corrected chi connectivity index (χ1v) is 14.7. The number of likely N-dealkylation sites (tertiary alicyclic amines) is 1. The van der Waals surface area contributed by atoms with E-state index in [0.717, 1.165) is 106 Å². The number of carbonyl (C=O) groups excluding carboxylic acids is 1. The number of aromatic nitrogens is 3. The molecular formula is C30H38N6O4. The molecule has 1 aromatic carbocycles. The number of nitrogens with one attached hydrogen (secondary N) is 2. The number of fused-ring (bicyclic) bond motifs is 1. The summed E-state index contributed by atoms with van der Waals surface area (Å²) in [6, 6.07) is 8.78. The highest BCUT2D eigenvalue weighted by Gasteiger charge is 2.33. The third kappa shape index (κ3) is 5.40. The minimum atomic E-state index is -0.00102. The van der Waals surface area contributed by atoms with Crippen molar-refractivity contribution in [3.05, 3.63) is 41.6 Å². The Bertz CT molecular complexity index is 1380. The normalized spacial score (nSPS) is 22.4. The van der Waals surface area contributed by atoms with Crippen molar-refractivity contribution < 1.29 is 19.0 Å². The van der Waals surface area contributed by atoms with Crippen LogP contribution in [0, 0.1) is 12.8 Å². The highest BCUT2D eigenvalue weighted by Crippen LogP contribution is 2.31. The van der Waals surface area contributed by atoms with Gasteiger partial charge in [-0.05, 0) is 62.1 Å². The van der Waals surface area contributed by atoms with Crippen LogP contribution in [0.25, 0.3) is 16.8 Å². The summed E-state index contributed by atoms with van der Waals surface area (Å²) in [4.78, 5) is 20.1. The summed E-state index contributed by atoms with van der Waals surface area (Å²) in [6.07, 6.45) is 7.18. The Morgan fingerprint density at radius 2 is 1.95 bits per heavy atom. The number of nitrogens with zero attached hydrogens (tertiary/aromatic N) is 4. The third-order valence-corrected chi connectivity index (χ3v) is 8.66. The number of ether oxygens (including phenoxy) is 3. The van der Waals surface area contributed by atoms with Crippen LogP contribution in [-0.4, -0.2) is 89.7 Å². The lowest BCUT2D eigenvalue weighted by molar-refractivity contribution is -0.0593. The lowest BCUT2D eigenvalue weighted by Gasteiger charge is -2.34. The van der Waals surface area contributed by atoms with Crippen LogP contribution in [-0.2, 0) is 9.47 Å². The zero-order chi connectivity index (χ0) is 27.1. The molecule has 0 radical (unpaired) electrons. The summed E-state index contributed by atoms with van der Waals surface area (Å²) in [5.74, 6) is 2.04. The molecule has 0 spiro atoms. The molecule has 3 aliphatic heterocycles. The smallest absolute Gasteiger partial charge is 0.251 e. The quantitative estimate of drug-likeness (QED) is 0.422. The van der Waals surface area contributed by atoms with Crippen LogP contribution in [0.3, 0.4) is 0 Å². The second kappa shape index (κ2) is 11.0. The summed E-state index contributed by atoms with van der Waals surface area (Å²) in [6.45, 7) is 8.01. The van der Waals surface area contributed by atoms with Gasteiger partial charge in [0.05, 0.1) is 25.5 Å². The van der Waals surface area contributed by atoms with Gasteiger partial charge in [-0.1, -0.05) is 12.1 Å². The first-order valence-electron chi connectivity index (χ1n) is 14.7. The monoisotopic (exact) mass is 546 g/mol. The number of anilines is 1. The fourth-order valence-corrected chi connectivity index (χ4v) is 5.89. The molecule has 10 nitrogen and oxygen atoms in total. The highest BCUT2D eigenvalue weighted by molar-refractivity contribution is 5.97. The van der Waals surface area contributed by atoms with Crippen LogP contribution >= 0.6 is 0 Å². The molecular weight excluding hydrogens is 508 g/mol. The van der Waals surface area contributed by atoms with Gasteiger partial charge in [0.15, 0.2) is 5.65 Å². The minimum absolute atomic E-state index is 0.00102. The topological polar surface area (TPSA) is 102 Å². The van der Waals surface area contributed by atoms with Crippen LogP contribution in [0.4, 0.5) is 5.82 Å². The number of aryl methyl sites for hydroxylation is 1. The van der Waals surface area contributed by atoms with E-state index in [4.69, 9.17) is 24.3 Å². The van der Waals surface area contributed by atoms with Crippen molar-refractivity contribution in [1.82, 2.24) is 24.8 Å². The number of hydrogen-bond donors (Lipinski definition) is 2. The Morgan fingerprint density at radius 3 is 2.70 bits per heavy atom. The molecule has 2 aromatic heterocycles. The molecule has 1 atom stereocenters. The molecule has 4 aliphatic rings. The molecule has 2 N–H and O–H groups in total. The van der Waals surface area contributed by atoms with Gasteiger partial charge in [0.25, 0.3) is 5.91 Å². The SMILES string of the molecule is Cc1cc(-c2cnn3c(NCC4CCOCC4)cc(OC4CCN(C5COC5)C4)nc23)ccc1C(=O)NC1CC1. The summed E-state index contributed by atoms with van der Waals surface area (Å²) in [5.41, 5.74) is 4.28.